The van der Waals surface area contributed by atoms with Crippen LogP contribution in [0, 0.1) is 0 Å². The zero-order valence-electron chi connectivity index (χ0n) is 23.2. The summed E-state index contributed by atoms with van der Waals surface area (Å²) in [4.78, 5) is 30.1. The van der Waals surface area contributed by atoms with Gasteiger partial charge >= 0.3 is 0 Å². The van der Waals surface area contributed by atoms with Gasteiger partial charge in [0.05, 0.1) is 24.8 Å². The molecule has 9 heteroatoms. The zero-order chi connectivity index (χ0) is 27.9. The van der Waals surface area contributed by atoms with Crippen LogP contribution in [0.1, 0.15) is 50.3 Å². The van der Waals surface area contributed by atoms with Crippen molar-refractivity contribution in [1.29, 1.82) is 0 Å². The highest BCUT2D eigenvalue weighted by molar-refractivity contribution is 6.46. The van der Waals surface area contributed by atoms with Crippen LogP contribution in [0.4, 0.5) is 0 Å². The van der Waals surface area contributed by atoms with Crippen molar-refractivity contribution in [3.05, 3.63) is 53.1 Å². The molecule has 9 nitrogen and oxygen atoms in total. The maximum absolute atomic E-state index is 13.4. The highest BCUT2D eigenvalue weighted by atomic mass is 16.6. The van der Waals surface area contributed by atoms with Gasteiger partial charge in [-0.1, -0.05) is 25.8 Å². The number of ketones is 1. The SMILES string of the molecule is CCCCCOc1ccc([C@H]2/C(=C(\O)c3ccc4c(c3)OCCO4)C(=O)C(=O)N2CCN(C)C)cc1OCC. The second-order valence-corrected chi connectivity index (χ2v) is 9.85. The molecule has 2 heterocycles. The summed E-state index contributed by atoms with van der Waals surface area (Å²) in [6.45, 7) is 6.70. The van der Waals surface area contributed by atoms with Gasteiger partial charge in [0.15, 0.2) is 23.0 Å². The molecule has 0 spiro atoms. The standard InChI is InChI=1S/C30H38N2O7/c1-5-7-8-15-37-22-11-9-20(18-24(22)36-6-2)27-26(29(34)30(35)32(27)14-13-31(3)4)28(33)21-10-12-23-25(19-21)39-17-16-38-23/h9-12,18-19,27,33H,5-8,13-17H2,1-4H3/b28-26+/t27-/m0/s1. The van der Waals surface area contributed by atoms with Crippen molar-refractivity contribution in [1.82, 2.24) is 9.80 Å². The highest BCUT2D eigenvalue weighted by Gasteiger charge is 2.46. The van der Waals surface area contributed by atoms with E-state index in [1.165, 1.54) is 4.90 Å². The molecule has 0 saturated carbocycles. The molecule has 0 radical (unpaired) electrons. The van der Waals surface area contributed by atoms with Crippen LogP contribution in [0.25, 0.3) is 5.76 Å². The summed E-state index contributed by atoms with van der Waals surface area (Å²) in [6, 6.07) is 9.62. The van der Waals surface area contributed by atoms with Crippen molar-refractivity contribution in [2.45, 2.75) is 39.2 Å². The van der Waals surface area contributed by atoms with Crippen molar-refractivity contribution >= 4 is 17.4 Å². The number of benzene rings is 2. The largest absolute Gasteiger partial charge is 0.507 e. The van der Waals surface area contributed by atoms with E-state index in [1.807, 2.05) is 38.1 Å². The molecule has 1 amide bonds. The summed E-state index contributed by atoms with van der Waals surface area (Å²) < 4.78 is 23.1. The number of hydrogen-bond acceptors (Lipinski definition) is 8. The number of carbonyl (C=O) groups excluding carboxylic acids is 2. The van der Waals surface area contributed by atoms with Crippen LogP contribution in [0.2, 0.25) is 0 Å². The van der Waals surface area contributed by atoms with E-state index in [9.17, 15) is 14.7 Å². The predicted molar refractivity (Wildman–Crippen MR) is 148 cm³/mol. The number of likely N-dealkylation sites (N-methyl/N-ethyl adjacent to an activating group) is 1. The Morgan fingerprint density at radius 3 is 2.49 bits per heavy atom. The number of rotatable bonds is 12. The van der Waals surface area contributed by atoms with Crippen molar-refractivity contribution in [2.24, 2.45) is 0 Å². The van der Waals surface area contributed by atoms with Gasteiger partial charge in [0.25, 0.3) is 11.7 Å². The van der Waals surface area contributed by atoms with E-state index in [0.29, 0.717) is 73.6 Å². The Morgan fingerprint density at radius 1 is 1.00 bits per heavy atom. The average Bonchev–Trinajstić information content (AvgIpc) is 3.19. The molecule has 2 aliphatic heterocycles. The van der Waals surface area contributed by atoms with Crippen LogP contribution in [0.15, 0.2) is 42.0 Å². The minimum atomic E-state index is -0.800. The van der Waals surface area contributed by atoms with Gasteiger partial charge in [-0.05, 0) is 63.3 Å². The fourth-order valence-electron chi connectivity index (χ4n) is 4.73. The van der Waals surface area contributed by atoms with E-state index in [4.69, 9.17) is 18.9 Å². The lowest BCUT2D eigenvalue weighted by Gasteiger charge is -2.27. The van der Waals surface area contributed by atoms with Crippen LogP contribution >= 0.6 is 0 Å². The van der Waals surface area contributed by atoms with Crippen LogP contribution < -0.4 is 18.9 Å². The summed E-state index contributed by atoms with van der Waals surface area (Å²) in [5, 5.41) is 11.4. The Morgan fingerprint density at radius 2 is 1.77 bits per heavy atom. The van der Waals surface area contributed by atoms with Gasteiger partial charge < -0.3 is 33.9 Å². The second-order valence-electron chi connectivity index (χ2n) is 9.85. The number of unbranched alkanes of at least 4 members (excludes halogenated alkanes) is 2. The van der Waals surface area contributed by atoms with Crippen LogP contribution in [0.3, 0.4) is 0 Å². The lowest BCUT2D eigenvalue weighted by atomic mass is 9.94. The molecule has 2 aromatic carbocycles. The minimum absolute atomic E-state index is 0.0227. The average molecular weight is 539 g/mol. The number of nitrogens with zero attached hydrogens (tertiary/aromatic N) is 2. The van der Waals surface area contributed by atoms with Gasteiger partial charge in [0, 0.05) is 18.7 Å². The molecule has 1 fully saturated rings. The number of fused-ring (bicyclic) bond motifs is 1. The Hall–Kier alpha value is -3.72. The van der Waals surface area contributed by atoms with Crippen LogP contribution in [-0.2, 0) is 9.59 Å². The molecule has 1 saturated heterocycles. The molecule has 1 N–H and O–H groups in total. The summed E-state index contributed by atoms with van der Waals surface area (Å²) in [5.41, 5.74) is 1.04. The number of aliphatic hydroxyl groups excluding tert-OH is 1. The molecule has 2 aliphatic rings. The maximum atomic E-state index is 13.4. The lowest BCUT2D eigenvalue weighted by Crippen LogP contribution is -2.35. The third kappa shape index (κ3) is 6.30. The predicted octanol–water partition coefficient (Wildman–Crippen LogP) is 4.41. The van der Waals surface area contributed by atoms with Crippen molar-refractivity contribution in [3.8, 4) is 23.0 Å². The first kappa shape index (κ1) is 28.3. The van der Waals surface area contributed by atoms with Crippen LogP contribution in [0.5, 0.6) is 23.0 Å². The number of ether oxygens (including phenoxy) is 4. The van der Waals surface area contributed by atoms with Gasteiger partial charge in [0.2, 0.25) is 0 Å². The van der Waals surface area contributed by atoms with Crippen molar-refractivity contribution in [2.75, 3.05) is 53.6 Å². The smallest absolute Gasteiger partial charge is 0.295 e. The quantitative estimate of drug-likeness (QED) is 0.184. The number of amides is 1. The Kier molecular flexibility index (Phi) is 9.35. The molecule has 210 valence electrons. The second kappa shape index (κ2) is 12.9. The Balaban J connectivity index is 1.77. The molecule has 0 aromatic heterocycles. The molecule has 0 bridgehead atoms. The first-order valence-corrected chi connectivity index (χ1v) is 13.6. The van der Waals surface area contributed by atoms with Gasteiger partial charge in [-0.15, -0.1) is 0 Å². The third-order valence-corrected chi connectivity index (χ3v) is 6.73. The van der Waals surface area contributed by atoms with Crippen molar-refractivity contribution in [3.63, 3.8) is 0 Å². The van der Waals surface area contributed by atoms with Gasteiger partial charge in [-0.3, -0.25) is 9.59 Å². The van der Waals surface area contributed by atoms with Gasteiger partial charge in [0.1, 0.15) is 19.0 Å². The van der Waals surface area contributed by atoms with Crippen LogP contribution in [-0.4, -0.2) is 80.2 Å². The Bertz CT molecular complexity index is 1220. The number of likely N-dealkylation sites (tertiary alicyclic amines) is 1. The molecule has 0 aliphatic carbocycles. The summed E-state index contributed by atoms with van der Waals surface area (Å²) in [7, 11) is 3.80. The fourth-order valence-corrected chi connectivity index (χ4v) is 4.73. The van der Waals surface area contributed by atoms with E-state index in [2.05, 4.69) is 6.92 Å². The molecular weight excluding hydrogens is 500 g/mol. The van der Waals surface area contributed by atoms with E-state index < -0.39 is 17.7 Å². The molecule has 39 heavy (non-hydrogen) atoms. The molecule has 0 unspecified atom stereocenters. The number of Topliss-reactive ketones (excluding diaryl/α,β-unsaturated/α-hetero) is 1. The van der Waals surface area contributed by atoms with Gasteiger partial charge in [-0.2, -0.15) is 0 Å². The first-order valence-electron chi connectivity index (χ1n) is 13.6. The van der Waals surface area contributed by atoms with Crippen molar-refractivity contribution < 1.29 is 33.6 Å². The topological polar surface area (TPSA) is 97.8 Å². The molecular formula is C30H38N2O7. The summed E-state index contributed by atoms with van der Waals surface area (Å²) in [5.74, 6) is 0.532. The van der Waals surface area contributed by atoms with E-state index in [1.54, 1.807) is 24.3 Å². The first-order chi connectivity index (χ1) is 18.8. The fraction of sp³-hybridized carbons (Fsp3) is 0.467. The van der Waals surface area contributed by atoms with Gasteiger partial charge in [-0.25, -0.2) is 0 Å². The summed E-state index contributed by atoms with van der Waals surface area (Å²) in [6.07, 6.45) is 3.10. The minimum Gasteiger partial charge on any atom is -0.507 e. The number of aliphatic hydroxyl groups is 1. The normalized spacial score (nSPS) is 18.1. The lowest BCUT2D eigenvalue weighted by molar-refractivity contribution is -0.140. The monoisotopic (exact) mass is 538 g/mol. The Labute approximate surface area is 229 Å². The van der Waals surface area contributed by atoms with E-state index >= 15 is 0 Å². The summed E-state index contributed by atoms with van der Waals surface area (Å²) >= 11 is 0. The number of hydrogen-bond donors (Lipinski definition) is 1. The zero-order valence-corrected chi connectivity index (χ0v) is 23.2. The molecule has 2 aromatic rings. The van der Waals surface area contributed by atoms with E-state index in [0.717, 1.165) is 19.3 Å². The maximum Gasteiger partial charge on any atom is 0.295 e. The molecule has 1 atom stereocenters. The molecule has 4 rings (SSSR count). The highest BCUT2D eigenvalue weighted by Crippen LogP contribution is 2.43. The van der Waals surface area contributed by atoms with E-state index in [-0.39, 0.29) is 11.3 Å². The third-order valence-electron chi connectivity index (χ3n) is 6.73. The number of carbonyl (C=O) groups is 2.